The van der Waals surface area contributed by atoms with Gasteiger partial charge in [0.1, 0.15) is 0 Å². The number of rotatable bonds is 4. The van der Waals surface area contributed by atoms with Crippen molar-refractivity contribution in [3.8, 4) is 36.5 Å². The summed E-state index contributed by atoms with van der Waals surface area (Å²) in [4.78, 5) is 0. The molecule has 12 heavy (non-hydrogen) atoms. The predicted octanol–water partition coefficient (Wildman–Crippen LogP) is 2.16. The maximum atomic E-state index is 5.08. The fourth-order valence-electron chi connectivity index (χ4n) is 0.579. The van der Waals surface area contributed by atoms with Crippen molar-refractivity contribution >= 4 is 11.8 Å². The minimum Gasteiger partial charge on any atom is -0.136 e. The Kier molecular flexibility index (Phi) is 9.22. The summed E-state index contributed by atoms with van der Waals surface area (Å²) in [5.74, 6) is 12.8. The van der Waals surface area contributed by atoms with E-state index in [1.54, 1.807) is 11.8 Å². The lowest BCUT2D eigenvalue weighted by atomic mass is 10.2. The van der Waals surface area contributed by atoms with Gasteiger partial charge in [-0.25, -0.2) is 0 Å². The smallest absolute Gasteiger partial charge is 0.0557 e. The number of hydrogen-bond donors (Lipinski definition) is 0. The van der Waals surface area contributed by atoms with E-state index in [0.717, 1.165) is 30.8 Å². The summed E-state index contributed by atoms with van der Waals surface area (Å²) in [6, 6.07) is 0. The Hall–Kier alpha value is -0.970. The van der Waals surface area contributed by atoms with Crippen LogP contribution in [0.3, 0.4) is 0 Å². The van der Waals surface area contributed by atoms with E-state index in [9.17, 15) is 0 Å². The first kappa shape index (κ1) is 11.0. The summed E-state index contributed by atoms with van der Waals surface area (Å²) in [6.07, 6.45) is 12.9. The molecular weight excluding hydrogens is 164 g/mol. The lowest BCUT2D eigenvalue weighted by molar-refractivity contribution is 0.904. The standard InChI is InChI=1S/C11H12S/c1-3-5-6-7-8-9-11-12-10-4-2/h1-2H,5-7,10-11H2. The molecule has 0 aromatic carbocycles. The Balaban J connectivity index is 3.14. The summed E-state index contributed by atoms with van der Waals surface area (Å²) in [5.41, 5.74) is 0. The zero-order chi connectivity index (χ0) is 9.07. The second kappa shape index (κ2) is 10.0. The molecule has 0 aliphatic heterocycles. The molecule has 0 N–H and O–H groups in total. The van der Waals surface area contributed by atoms with E-state index in [4.69, 9.17) is 12.8 Å². The Morgan fingerprint density at radius 2 is 1.75 bits per heavy atom. The second-order valence-corrected chi connectivity index (χ2v) is 3.09. The molecule has 62 valence electrons. The van der Waals surface area contributed by atoms with Gasteiger partial charge >= 0.3 is 0 Å². The van der Waals surface area contributed by atoms with Crippen LogP contribution in [-0.2, 0) is 0 Å². The van der Waals surface area contributed by atoms with Gasteiger partial charge in [0.2, 0.25) is 0 Å². The Morgan fingerprint density at radius 3 is 2.42 bits per heavy atom. The molecule has 0 aliphatic carbocycles. The molecule has 0 unspecified atom stereocenters. The van der Waals surface area contributed by atoms with Crippen molar-refractivity contribution in [2.24, 2.45) is 0 Å². The van der Waals surface area contributed by atoms with Crippen molar-refractivity contribution < 1.29 is 0 Å². The van der Waals surface area contributed by atoms with Gasteiger partial charge in [-0.15, -0.1) is 36.4 Å². The summed E-state index contributed by atoms with van der Waals surface area (Å²) in [6.45, 7) is 0. The summed E-state index contributed by atoms with van der Waals surface area (Å²) >= 11 is 1.67. The normalized spacial score (nSPS) is 7.50. The van der Waals surface area contributed by atoms with Crippen LogP contribution >= 0.6 is 11.8 Å². The highest BCUT2D eigenvalue weighted by atomic mass is 32.2. The molecule has 0 aromatic heterocycles. The van der Waals surface area contributed by atoms with Gasteiger partial charge in [0, 0.05) is 12.8 Å². The lowest BCUT2D eigenvalue weighted by Gasteiger charge is -1.85. The summed E-state index contributed by atoms with van der Waals surface area (Å²) in [5, 5.41) is 0. The molecule has 0 saturated carbocycles. The maximum absolute atomic E-state index is 5.08. The first-order valence-electron chi connectivity index (χ1n) is 3.82. The first-order chi connectivity index (χ1) is 5.91. The van der Waals surface area contributed by atoms with Crippen molar-refractivity contribution in [2.75, 3.05) is 11.5 Å². The Bertz CT molecular complexity index is 204. The summed E-state index contributed by atoms with van der Waals surface area (Å²) in [7, 11) is 0. The minimum atomic E-state index is 0.749. The van der Waals surface area contributed by atoms with Crippen LogP contribution in [0.4, 0.5) is 0 Å². The lowest BCUT2D eigenvalue weighted by Crippen LogP contribution is -1.75. The third-order valence-electron chi connectivity index (χ3n) is 1.11. The minimum absolute atomic E-state index is 0.749. The van der Waals surface area contributed by atoms with E-state index >= 15 is 0 Å². The van der Waals surface area contributed by atoms with Crippen LogP contribution in [0.2, 0.25) is 0 Å². The zero-order valence-electron chi connectivity index (χ0n) is 7.10. The van der Waals surface area contributed by atoms with E-state index in [0.29, 0.717) is 0 Å². The van der Waals surface area contributed by atoms with Crippen LogP contribution in [0.5, 0.6) is 0 Å². The van der Waals surface area contributed by atoms with Gasteiger partial charge in [-0.05, 0) is 6.42 Å². The largest absolute Gasteiger partial charge is 0.136 e. The fourth-order valence-corrected chi connectivity index (χ4v) is 1.00. The highest BCUT2D eigenvalue weighted by molar-refractivity contribution is 7.99. The number of thioether (sulfide) groups is 1. The van der Waals surface area contributed by atoms with Crippen molar-refractivity contribution in [3.63, 3.8) is 0 Å². The van der Waals surface area contributed by atoms with Gasteiger partial charge in [0.05, 0.1) is 11.5 Å². The average molecular weight is 176 g/mol. The van der Waals surface area contributed by atoms with E-state index in [-0.39, 0.29) is 0 Å². The Morgan fingerprint density at radius 1 is 0.917 bits per heavy atom. The zero-order valence-corrected chi connectivity index (χ0v) is 7.91. The maximum Gasteiger partial charge on any atom is 0.0557 e. The molecule has 0 nitrogen and oxygen atoms in total. The molecule has 0 atom stereocenters. The molecule has 0 radical (unpaired) electrons. The van der Waals surface area contributed by atoms with Crippen molar-refractivity contribution in [1.82, 2.24) is 0 Å². The van der Waals surface area contributed by atoms with Crippen molar-refractivity contribution in [2.45, 2.75) is 19.3 Å². The second-order valence-electron chi connectivity index (χ2n) is 2.11. The molecule has 0 rings (SSSR count). The van der Waals surface area contributed by atoms with Crippen LogP contribution in [-0.4, -0.2) is 11.5 Å². The quantitative estimate of drug-likeness (QED) is 0.467. The monoisotopic (exact) mass is 176 g/mol. The molecule has 0 bridgehead atoms. The van der Waals surface area contributed by atoms with Gasteiger partial charge < -0.3 is 0 Å². The molecule has 0 amide bonds. The van der Waals surface area contributed by atoms with Gasteiger partial charge in [0.15, 0.2) is 0 Å². The number of hydrogen-bond acceptors (Lipinski definition) is 1. The van der Waals surface area contributed by atoms with Crippen LogP contribution in [0.1, 0.15) is 19.3 Å². The third-order valence-corrected chi connectivity index (χ3v) is 1.83. The highest BCUT2D eigenvalue weighted by Gasteiger charge is 1.79. The first-order valence-corrected chi connectivity index (χ1v) is 4.97. The number of terminal acetylenes is 2. The van der Waals surface area contributed by atoms with Gasteiger partial charge in [-0.2, -0.15) is 0 Å². The average Bonchev–Trinajstić information content (AvgIpc) is 2.10. The van der Waals surface area contributed by atoms with E-state index in [1.165, 1.54) is 0 Å². The van der Waals surface area contributed by atoms with Crippen LogP contribution < -0.4 is 0 Å². The third kappa shape index (κ3) is 9.03. The van der Waals surface area contributed by atoms with Gasteiger partial charge in [0.25, 0.3) is 0 Å². The molecule has 0 fully saturated rings. The van der Waals surface area contributed by atoms with Gasteiger partial charge in [-0.1, -0.05) is 11.8 Å². The molecule has 0 heterocycles. The van der Waals surface area contributed by atoms with Crippen LogP contribution in [0.15, 0.2) is 0 Å². The fraction of sp³-hybridized carbons (Fsp3) is 0.455. The molecule has 0 saturated heterocycles. The van der Waals surface area contributed by atoms with E-state index in [1.807, 2.05) is 0 Å². The topological polar surface area (TPSA) is 0 Å². The molecule has 1 heteroatoms. The van der Waals surface area contributed by atoms with Crippen molar-refractivity contribution in [3.05, 3.63) is 0 Å². The van der Waals surface area contributed by atoms with E-state index in [2.05, 4.69) is 23.7 Å². The SMILES string of the molecule is C#CCCCC#CCSCC#C. The van der Waals surface area contributed by atoms with Gasteiger partial charge in [-0.3, -0.25) is 0 Å². The summed E-state index contributed by atoms with van der Waals surface area (Å²) < 4.78 is 0. The predicted molar refractivity (Wildman–Crippen MR) is 56.6 cm³/mol. The molecule has 0 aromatic rings. The molecular formula is C11H12S. The highest BCUT2D eigenvalue weighted by Crippen LogP contribution is 1.96. The van der Waals surface area contributed by atoms with Crippen LogP contribution in [0.25, 0.3) is 0 Å². The molecule has 0 spiro atoms. The number of unbranched alkanes of at least 4 members (excludes halogenated alkanes) is 2. The Labute approximate surface area is 79.5 Å². The molecule has 0 aliphatic rings. The van der Waals surface area contributed by atoms with Crippen LogP contribution in [0, 0.1) is 36.5 Å². The van der Waals surface area contributed by atoms with E-state index < -0.39 is 0 Å². The van der Waals surface area contributed by atoms with Crippen molar-refractivity contribution in [1.29, 1.82) is 0 Å².